The minimum atomic E-state index is -0.132. The number of hydrogen-bond donors (Lipinski definition) is 1. The molecule has 0 unspecified atom stereocenters. The number of piperidine rings is 1. The summed E-state index contributed by atoms with van der Waals surface area (Å²) in [6.45, 7) is 4.71. The second-order valence-electron chi connectivity index (χ2n) is 6.52. The summed E-state index contributed by atoms with van der Waals surface area (Å²) < 4.78 is 16.0. The van der Waals surface area contributed by atoms with Crippen molar-refractivity contribution in [2.75, 3.05) is 18.7 Å². The lowest BCUT2D eigenvalue weighted by Gasteiger charge is -2.34. The van der Waals surface area contributed by atoms with E-state index in [0.29, 0.717) is 18.0 Å². The van der Waals surface area contributed by atoms with Gasteiger partial charge >= 0.3 is 6.03 Å². The van der Waals surface area contributed by atoms with E-state index in [1.807, 2.05) is 36.9 Å². The number of hydrogen-bond acceptors (Lipinski definition) is 5. The number of urea groups is 1. The molecule has 0 bridgehead atoms. The molecule has 3 heterocycles. The molecule has 4 rings (SSSR count). The fourth-order valence-electron chi connectivity index (χ4n) is 3.39. The van der Waals surface area contributed by atoms with Gasteiger partial charge in [0.25, 0.3) is 0 Å². The van der Waals surface area contributed by atoms with Gasteiger partial charge in [0.05, 0.1) is 6.04 Å². The zero-order valence-corrected chi connectivity index (χ0v) is 14.4. The van der Waals surface area contributed by atoms with E-state index in [0.717, 1.165) is 42.0 Å². The summed E-state index contributed by atoms with van der Waals surface area (Å²) in [7, 11) is 0. The molecule has 0 spiro atoms. The molecular formula is C18H21N3O4. The molecule has 0 radical (unpaired) electrons. The van der Waals surface area contributed by atoms with Gasteiger partial charge in [-0.1, -0.05) is 5.16 Å². The Kier molecular flexibility index (Phi) is 3.99. The summed E-state index contributed by atoms with van der Waals surface area (Å²) in [5.41, 5.74) is 2.48. The fourth-order valence-corrected chi connectivity index (χ4v) is 3.39. The normalized spacial score (nSPS) is 19.1. The highest BCUT2D eigenvalue weighted by atomic mass is 16.7. The number of carbonyl (C=O) groups excluding carboxylic acids is 1. The molecule has 2 aliphatic rings. The van der Waals surface area contributed by atoms with Crippen molar-refractivity contribution < 1.29 is 18.8 Å². The van der Waals surface area contributed by atoms with Crippen molar-refractivity contribution in [3.05, 3.63) is 35.2 Å². The minimum absolute atomic E-state index is 0.0551. The summed E-state index contributed by atoms with van der Waals surface area (Å²) in [5, 5.41) is 7.12. The van der Waals surface area contributed by atoms with Crippen LogP contribution in [0.4, 0.5) is 10.5 Å². The SMILES string of the molecule is Cc1cc([C@@H]2CCCCN2C(=O)Nc2cc3c(cc2C)OCO3)no1. The molecule has 1 aromatic carbocycles. The lowest BCUT2D eigenvalue weighted by atomic mass is 9.99. The van der Waals surface area contributed by atoms with Crippen LogP contribution in [0.1, 0.15) is 42.3 Å². The predicted molar refractivity (Wildman–Crippen MR) is 90.9 cm³/mol. The van der Waals surface area contributed by atoms with Gasteiger partial charge in [-0.3, -0.25) is 0 Å². The maximum atomic E-state index is 12.9. The zero-order valence-electron chi connectivity index (χ0n) is 14.4. The first-order valence-corrected chi connectivity index (χ1v) is 8.53. The number of fused-ring (bicyclic) bond motifs is 1. The van der Waals surface area contributed by atoms with Crippen LogP contribution in [0.15, 0.2) is 22.7 Å². The molecule has 25 heavy (non-hydrogen) atoms. The number of nitrogens with zero attached hydrogens (tertiary/aromatic N) is 2. The lowest BCUT2D eigenvalue weighted by Crippen LogP contribution is -2.41. The summed E-state index contributed by atoms with van der Waals surface area (Å²) in [4.78, 5) is 14.7. The van der Waals surface area contributed by atoms with Gasteiger partial charge in [-0.05, 0) is 44.7 Å². The second-order valence-corrected chi connectivity index (χ2v) is 6.52. The van der Waals surface area contributed by atoms with Crippen LogP contribution in [0.5, 0.6) is 11.5 Å². The monoisotopic (exact) mass is 343 g/mol. The maximum absolute atomic E-state index is 12.9. The number of anilines is 1. The Morgan fingerprint density at radius 1 is 1.20 bits per heavy atom. The van der Waals surface area contributed by atoms with Crippen LogP contribution in [0.2, 0.25) is 0 Å². The largest absolute Gasteiger partial charge is 0.454 e. The minimum Gasteiger partial charge on any atom is -0.454 e. The lowest BCUT2D eigenvalue weighted by molar-refractivity contribution is 0.159. The molecule has 7 heteroatoms. The Hall–Kier alpha value is -2.70. The van der Waals surface area contributed by atoms with E-state index in [-0.39, 0.29) is 18.9 Å². The third-order valence-corrected chi connectivity index (χ3v) is 4.71. The third kappa shape index (κ3) is 3.01. The average molecular weight is 343 g/mol. The molecule has 1 fully saturated rings. The molecule has 0 saturated carbocycles. The molecule has 2 aromatic rings. The van der Waals surface area contributed by atoms with Gasteiger partial charge in [0.2, 0.25) is 6.79 Å². The number of aromatic nitrogens is 1. The number of rotatable bonds is 2. The molecule has 1 saturated heterocycles. The average Bonchev–Trinajstić information content (AvgIpc) is 3.23. The zero-order chi connectivity index (χ0) is 17.4. The van der Waals surface area contributed by atoms with Crippen molar-refractivity contribution in [3.63, 3.8) is 0 Å². The van der Waals surface area contributed by atoms with Gasteiger partial charge in [-0.25, -0.2) is 4.79 Å². The molecule has 132 valence electrons. The van der Waals surface area contributed by atoms with E-state index >= 15 is 0 Å². The number of amides is 2. The van der Waals surface area contributed by atoms with Crippen LogP contribution in [0, 0.1) is 13.8 Å². The Balaban J connectivity index is 1.55. The van der Waals surface area contributed by atoms with Crippen LogP contribution >= 0.6 is 0 Å². The quantitative estimate of drug-likeness (QED) is 0.898. The Morgan fingerprint density at radius 3 is 2.76 bits per heavy atom. The van der Waals surface area contributed by atoms with Crippen molar-refractivity contribution in [1.82, 2.24) is 10.1 Å². The van der Waals surface area contributed by atoms with Crippen LogP contribution in [0.3, 0.4) is 0 Å². The van der Waals surface area contributed by atoms with E-state index < -0.39 is 0 Å². The number of ether oxygens (including phenoxy) is 2. The van der Waals surface area contributed by atoms with E-state index in [2.05, 4.69) is 10.5 Å². The number of benzene rings is 1. The third-order valence-electron chi connectivity index (χ3n) is 4.71. The van der Waals surface area contributed by atoms with Crippen molar-refractivity contribution in [2.45, 2.75) is 39.2 Å². The van der Waals surface area contributed by atoms with Crippen LogP contribution in [-0.4, -0.2) is 29.4 Å². The van der Waals surface area contributed by atoms with Gasteiger partial charge in [-0.15, -0.1) is 0 Å². The van der Waals surface area contributed by atoms with Crippen LogP contribution in [0.25, 0.3) is 0 Å². The first kappa shape index (κ1) is 15.8. The van der Waals surface area contributed by atoms with Crippen molar-refractivity contribution in [2.24, 2.45) is 0 Å². The molecular weight excluding hydrogens is 322 g/mol. The highest BCUT2D eigenvalue weighted by Crippen LogP contribution is 2.37. The smallest absolute Gasteiger partial charge is 0.322 e. The molecule has 2 amide bonds. The molecule has 0 aliphatic carbocycles. The highest BCUT2D eigenvalue weighted by molar-refractivity contribution is 5.91. The number of carbonyl (C=O) groups is 1. The maximum Gasteiger partial charge on any atom is 0.322 e. The van der Waals surface area contributed by atoms with Crippen LogP contribution < -0.4 is 14.8 Å². The van der Waals surface area contributed by atoms with Gasteiger partial charge < -0.3 is 24.2 Å². The molecule has 1 N–H and O–H groups in total. The first-order chi connectivity index (χ1) is 12.1. The van der Waals surface area contributed by atoms with E-state index in [1.165, 1.54) is 0 Å². The first-order valence-electron chi connectivity index (χ1n) is 8.53. The summed E-state index contributed by atoms with van der Waals surface area (Å²) in [6.07, 6.45) is 2.95. The number of aryl methyl sites for hydroxylation is 2. The van der Waals surface area contributed by atoms with Gasteiger partial charge in [0.15, 0.2) is 11.5 Å². The fraction of sp³-hybridized carbons (Fsp3) is 0.444. The molecule has 1 atom stereocenters. The van der Waals surface area contributed by atoms with E-state index in [9.17, 15) is 4.79 Å². The Bertz CT molecular complexity index is 802. The Labute approximate surface area is 145 Å². The van der Waals surface area contributed by atoms with Crippen molar-refractivity contribution >= 4 is 11.7 Å². The van der Waals surface area contributed by atoms with E-state index in [4.69, 9.17) is 14.0 Å². The summed E-state index contributed by atoms with van der Waals surface area (Å²) in [5.74, 6) is 2.13. The molecule has 1 aromatic heterocycles. The highest BCUT2D eigenvalue weighted by Gasteiger charge is 2.30. The predicted octanol–water partition coefficient (Wildman–Crippen LogP) is 3.78. The summed E-state index contributed by atoms with van der Waals surface area (Å²) >= 11 is 0. The van der Waals surface area contributed by atoms with Crippen molar-refractivity contribution in [1.29, 1.82) is 0 Å². The summed E-state index contributed by atoms with van der Waals surface area (Å²) in [6, 6.07) is 5.41. The van der Waals surface area contributed by atoms with Crippen LogP contribution in [-0.2, 0) is 0 Å². The standard InChI is InChI=1S/C18H21N3O4/c1-11-7-16-17(24-10-23-16)9-13(11)19-18(22)21-6-4-3-5-15(21)14-8-12(2)25-20-14/h7-9,15H,3-6,10H2,1-2H3,(H,19,22)/t15-/m0/s1. The Morgan fingerprint density at radius 2 is 2.00 bits per heavy atom. The molecule has 2 aliphatic heterocycles. The second kappa shape index (κ2) is 6.31. The topological polar surface area (TPSA) is 76.8 Å². The number of nitrogens with one attached hydrogen (secondary N) is 1. The van der Waals surface area contributed by atoms with Gasteiger partial charge in [-0.2, -0.15) is 0 Å². The van der Waals surface area contributed by atoms with Crippen molar-refractivity contribution in [3.8, 4) is 11.5 Å². The van der Waals surface area contributed by atoms with Gasteiger partial charge in [0.1, 0.15) is 11.5 Å². The molecule has 7 nitrogen and oxygen atoms in total. The number of likely N-dealkylation sites (tertiary alicyclic amines) is 1. The van der Waals surface area contributed by atoms with E-state index in [1.54, 1.807) is 0 Å². The van der Waals surface area contributed by atoms with Gasteiger partial charge in [0, 0.05) is 24.4 Å².